The van der Waals surface area contributed by atoms with Gasteiger partial charge in [-0.15, -0.1) is 35.3 Å². The highest BCUT2D eigenvalue weighted by Crippen LogP contribution is 2.29. The summed E-state index contributed by atoms with van der Waals surface area (Å²) in [5.41, 5.74) is -0.813. The number of guanidine groups is 1. The predicted molar refractivity (Wildman–Crippen MR) is 128 cm³/mol. The Morgan fingerprint density at radius 2 is 1.87 bits per heavy atom. The molecule has 2 heterocycles. The third-order valence-electron chi connectivity index (χ3n) is 4.86. The molecule has 2 rings (SSSR count). The summed E-state index contributed by atoms with van der Waals surface area (Å²) in [4.78, 5) is 13.3. The minimum Gasteiger partial charge on any atom is -0.357 e. The fraction of sp³-hybridized carbons (Fsp3) is 0.789. The van der Waals surface area contributed by atoms with Crippen molar-refractivity contribution in [3.8, 4) is 0 Å². The number of hydrogen-bond donors (Lipinski definition) is 2. The summed E-state index contributed by atoms with van der Waals surface area (Å²) in [5, 5.41) is 7.92. The first-order valence-electron chi connectivity index (χ1n) is 10.3. The minimum atomic E-state index is -4.38. The summed E-state index contributed by atoms with van der Waals surface area (Å²) in [6.45, 7) is 14.9. The number of aliphatic imine (C=N–C) groups is 1. The zero-order chi connectivity index (χ0) is 21.3. The van der Waals surface area contributed by atoms with Gasteiger partial charge in [-0.2, -0.15) is 13.2 Å². The topological polar surface area (TPSA) is 55.8 Å². The van der Waals surface area contributed by atoms with Gasteiger partial charge in [0.2, 0.25) is 0 Å². The Morgan fingerprint density at radius 1 is 1.20 bits per heavy atom. The van der Waals surface area contributed by atoms with Crippen LogP contribution in [0.2, 0.25) is 0 Å². The van der Waals surface area contributed by atoms with E-state index in [0.29, 0.717) is 36.4 Å². The van der Waals surface area contributed by atoms with Crippen molar-refractivity contribution >= 4 is 41.3 Å². The lowest BCUT2D eigenvalue weighted by atomic mass is 10.1. The molecule has 1 atom stereocenters. The van der Waals surface area contributed by atoms with Crippen LogP contribution in [0.1, 0.15) is 31.5 Å². The van der Waals surface area contributed by atoms with Crippen molar-refractivity contribution < 1.29 is 13.2 Å². The summed E-state index contributed by atoms with van der Waals surface area (Å²) in [6, 6.07) is 0. The van der Waals surface area contributed by atoms with Gasteiger partial charge in [-0.05, 0) is 19.4 Å². The Balaban J connectivity index is 0.00000450. The quantitative estimate of drug-likeness (QED) is 0.275. The molecule has 1 fully saturated rings. The molecule has 0 radical (unpaired) electrons. The van der Waals surface area contributed by atoms with Crippen LogP contribution in [0.15, 0.2) is 10.4 Å². The van der Waals surface area contributed by atoms with Crippen molar-refractivity contribution in [2.24, 2.45) is 10.9 Å². The molecule has 0 saturated carbocycles. The fourth-order valence-corrected chi connectivity index (χ4v) is 4.02. The second-order valence-electron chi connectivity index (χ2n) is 7.36. The zero-order valence-electron chi connectivity index (χ0n) is 18.0. The summed E-state index contributed by atoms with van der Waals surface area (Å²) in [7, 11) is 0. The number of thiazole rings is 1. The largest absolute Gasteiger partial charge is 0.434 e. The monoisotopic (exact) mass is 562 g/mol. The number of rotatable bonds is 9. The lowest BCUT2D eigenvalue weighted by Crippen LogP contribution is -2.47. The van der Waals surface area contributed by atoms with Gasteiger partial charge in [-0.3, -0.25) is 4.99 Å². The molecule has 2 N–H and O–H groups in total. The molecule has 0 aromatic carbocycles. The van der Waals surface area contributed by atoms with E-state index in [1.807, 2.05) is 6.92 Å². The highest BCUT2D eigenvalue weighted by molar-refractivity contribution is 14.0. The number of hydrogen-bond acceptors (Lipinski definition) is 5. The summed E-state index contributed by atoms with van der Waals surface area (Å²) >= 11 is 1.04. The van der Waals surface area contributed by atoms with Gasteiger partial charge >= 0.3 is 6.18 Å². The predicted octanol–water partition coefficient (Wildman–Crippen LogP) is 3.15. The minimum absolute atomic E-state index is 0. The molecule has 1 aliphatic rings. The molecule has 0 spiro atoms. The Hall–Kier alpha value is -0.660. The standard InChI is InChI=1S/C19H33F3N6S.HI/c1-4-23-18(24-7-6-17-26-16(14-29-17)19(20,21)22)25-12-15(3)13-28-10-8-27(5-2)9-11-28;/h14-15H,4-13H2,1-3H3,(H2,23,24,25);1H. The smallest absolute Gasteiger partial charge is 0.357 e. The number of nitrogens with zero attached hydrogens (tertiary/aromatic N) is 4. The van der Waals surface area contributed by atoms with E-state index in [4.69, 9.17) is 0 Å². The average molecular weight is 562 g/mol. The van der Waals surface area contributed by atoms with Gasteiger partial charge in [-0.25, -0.2) is 4.98 Å². The van der Waals surface area contributed by atoms with Crippen LogP contribution in [0, 0.1) is 5.92 Å². The highest BCUT2D eigenvalue weighted by Gasteiger charge is 2.33. The van der Waals surface area contributed by atoms with E-state index in [1.165, 1.54) is 0 Å². The Labute approximate surface area is 198 Å². The van der Waals surface area contributed by atoms with Gasteiger partial charge in [-0.1, -0.05) is 13.8 Å². The maximum Gasteiger partial charge on any atom is 0.434 e. The molecule has 30 heavy (non-hydrogen) atoms. The molecule has 0 aliphatic carbocycles. The third-order valence-corrected chi connectivity index (χ3v) is 5.77. The van der Waals surface area contributed by atoms with Crippen molar-refractivity contribution in [1.29, 1.82) is 0 Å². The first-order valence-corrected chi connectivity index (χ1v) is 11.2. The number of halogens is 4. The van der Waals surface area contributed by atoms with Crippen molar-refractivity contribution in [3.05, 3.63) is 16.1 Å². The first kappa shape index (κ1) is 27.4. The Bertz CT molecular complexity index is 632. The SMILES string of the molecule is CCNC(=NCC(C)CN1CCN(CC)CC1)NCCc1nc(C(F)(F)F)cs1.I. The molecule has 1 saturated heterocycles. The van der Waals surface area contributed by atoms with Gasteiger partial charge in [0.15, 0.2) is 11.7 Å². The second kappa shape index (κ2) is 13.7. The average Bonchev–Trinajstić information content (AvgIpc) is 3.16. The van der Waals surface area contributed by atoms with E-state index in [9.17, 15) is 13.2 Å². The van der Waals surface area contributed by atoms with E-state index in [2.05, 4.69) is 44.3 Å². The molecule has 0 amide bonds. The fourth-order valence-electron chi connectivity index (χ4n) is 3.22. The molecular formula is C19H34F3IN6S. The lowest BCUT2D eigenvalue weighted by molar-refractivity contribution is -0.140. The van der Waals surface area contributed by atoms with Crippen LogP contribution in [0.3, 0.4) is 0 Å². The molecule has 11 heteroatoms. The van der Waals surface area contributed by atoms with Crippen LogP contribution in [0.5, 0.6) is 0 Å². The van der Waals surface area contributed by atoms with Gasteiger partial charge in [0, 0.05) is 64.2 Å². The van der Waals surface area contributed by atoms with E-state index in [0.717, 1.165) is 62.5 Å². The van der Waals surface area contributed by atoms with Gasteiger partial charge in [0.05, 0.1) is 5.01 Å². The summed E-state index contributed by atoms with van der Waals surface area (Å²) < 4.78 is 37.9. The van der Waals surface area contributed by atoms with Crippen molar-refractivity contribution in [2.75, 3.05) is 58.9 Å². The van der Waals surface area contributed by atoms with Crippen LogP contribution >= 0.6 is 35.3 Å². The molecule has 1 aromatic rings. The van der Waals surface area contributed by atoms with Gasteiger partial charge in [0.1, 0.15) is 0 Å². The van der Waals surface area contributed by atoms with Crippen LogP contribution in [0.25, 0.3) is 0 Å². The molecule has 1 aromatic heterocycles. The van der Waals surface area contributed by atoms with Crippen LogP contribution in [0.4, 0.5) is 13.2 Å². The molecule has 1 unspecified atom stereocenters. The Kier molecular flexibility index (Phi) is 12.5. The van der Waals surface area contributed by atoms with Crippen molar-refractivity contribution in [1.82, 2.24) is 25.4 Å². The summed E-state index contributed by atoms with van der Waals surface area (Å²) in [5.74, 6) is 1.13. The molecule has 6 nitrogen and oxygen atoms in total. The molecular weight excluding hydrogens is 528 g/mol. The molecule has 1 aliphatic heterocycles. The number of aromatic nitrogens is 1. The lowest BCUT2D eigenvalue weighted by Gasteiger charge is -2.35. The first-order chi connectivity index (χ1) is 13.8. The van der Waals surface area contributed by atoms with E-state index in [-0.39, 0.29) is 24.0 Å². The van der Waals surface area contributed by atoms with Crippen LogP contribution < -0.4 is 10.6 Å². The maximum atomic E-state index is 12.6. The third kappa shape index (κ3) is 9.65. The van der Waals surface area contributed by atoms with Crippen LogP contribution in [-0.4, -0.2) is 79.6 Å². The molecule has 0 bridgehead atoms. The van der Waals surface area contributed by atoms with Crippen LogP contribution in [-0.2, 0) is 12.6 Å². The van der Waals surface area contributed by atoms with Crippen molar-refractivity contribution in [2.45, 2.75) is 33.4 Å². The zero-order valence-corrected chi connectivity index (χ0v) is 21.1. The molecule has 174 valence electrons. The van der Waals surface area contributed by atoms with Crippen molar-refractivity contribution in [3.63, 3.8) is 0 Å². The van der Waals surface area contributed by atoms with E-state index in [1.54, 1.807) is 0 Å². The number of alkyl halides is 3. The summed E-state index contributed by atoms with van der Waals surface area (Å²) in [6.07, 6.45) is -3.94. The highest BCUT2D eigenvalue weighted by atomic mass is 127. The van der Waals surface area contributed by atoms with E-state index >= 15 is 0 Å². The number of piperazine rings is 1. The van der Waals surface area contributed by atoms with E-state index < -0.39 is 11.9 Å². The Morgan fingerprint density at radius 3 is 2.43 bits per heavy atom. The normalized spacial score (nSPS) is 17.5. The second-order valence-corrected chi connectivity index (χ2v) is 8.30. The van der Waals surface area contributed by atoms with Gasteiger partial charge < -0.3 is 20.4 Å². The van der Waals surface area contributed by atoms with Gasteiger partial charge in [0.25, 0.3) is 0 Å². The number of nitrogens with one attached hydrogen (secondary N) is 2. The number of likely N-dealkylation sites (N-methyl/N-ethyl adjacent to an activating group) is 1. The maximum absolute atomic E-state index is 12.6.